The van der Waals surface area contributed by atoms with Crippen molar-refractivity contribution in [2.24, 2.45) is 0 Å². The van der Waals surface area contributed by atoms with Gasteiger partial charge in [0.15, 0.2) is 0 Å². The SMILES string of the molecule is CCOC(=O)c1c(CBr)oc2ccc(OC(C)=O)cc12. The van der Waals surface area contributed by atoms with Crippen molar-refractivity contribution in [2.75, 3.05) is 6.61 Å². The summed E-state index contributed by atoms with van der Waals surface area (Å²) < 4.78 is 15.6. The van der Waals surface area contributed by atoms with Gasteiger partial charge < -0.3 is 13.9 Å². The van der Waals surface area contributed by atoms with Gasteiger partial charge in [-0.3, -0.25) is 4.79 Å². The number of hydrogen-bond donors (Lipinski definition) is 0. The first-order chi connectivity index (χ1) is 9.56. The molecule has 0 aliphatic rings. The lowest BCUT2D eigenvalue weighted by Gasteiger charge is -2.02. The molecule has 0 bridgehead atoms. The number of rotatable bonds is 4. The van der Waals surface area contributed by atoms with Gasteiger partial charge >= 0.3 is 11.9 Å². The molecule has 106 valence electrons. The van der Waals surface area contributed by atoms with Gasteiger partial charge in [0.1, 0.15) is 22.7 Å². The van der Waals surface area contributed by atoms with Crippen molar-refractivity contribution in [1.29, 1.82) is 0 Å². The maximum Gasteiger partial charge on any atom is 0.342 e. The van der Waals surface area contributed by atoms with E-state index < -0.39 is 11.9 Å². The molecule has 20 heavy (non-hydrogen) atoms. The average molecular weight is 341 g/mol. The van der Waals surface area contributed by atoms with Crippen molar-refractivity contribution < 1.29 is 23.5 Å². The monoisotopic (exact) mass is 340 g/mol. The summed E-state index contributed by atoms with van der Waals surface area (Å²) in [5, 5.41) is 0.954. The van der Waals surface area contributed by atoms with E-state index in [1.54, 1.807) is 25.1 Å². The molecule has 1 heterocycles. The van der Waals surface area contributed by atoms with Crippen LogP contribution in [0.3, 0.4) is 0 Å². The molecule has 1 aromatic carbocycles. The fourth-order valence-electron chi connectivity index (χ4n) is 1.88. The molecule has 1 aromatic heterocycles. The molecule has 6 heteroatoms. The van der Waals surface area contributed by atoms with Crippen molar-refractivity contribution in [3.8, 4) is 5.75 Å². The summed E-state index contributed by atoms with van der Waals surface area (Å²) >= 11 is 3.28. The summed E-state index contributed by atoms with van der Waals surface area (Å²) in [7, 11) is 0. The third kappa shape index (κ3) is 2.85. The molecule has 2 rings (SSSR count). The number of fused-ring (bicyclic) bond motifs is 1. The largest absolute Gasteiger partial charge is 0.462 e. The molecule has 0 unspecified atom stereocenters. The fraction of sp³-hybridized carbons (Fsp3) is 0.286. The van der Waals surface area contributed by atoms with Crippen LogP contribution in [0.2, 0.25) is 0 Å². The Balaban J connectivity index is 2.56. The molecule has 2 aromatic rings. The highest BCUT2D eigenvalue weighted by Crippen LogP contribution is 2.31. The standard InChI is InChI=1S/C14H13BrO5/c1-3-18-14(17)13-10-6-9(19-8(2)16)4-5-11(10)20-12(13)7-15/h4-6H,3,7H2,1-2H3. The van der Waals surface area contributed by atoms with E-state index in [1.807, 2.05) is 0 Å². The van der Waals surface area contributed by atoms with Crippen molar-refractivity contribution in [3.05, 3.63) is 29.5 Å². The molecule has 0 N–H and O–H groups in total. The molecule has 0 amide bonds. The molecule has 0 aliphatic carbocycles. The van der Waals surface area contributed by atoms with Crippen LogP contribution in [0.5, 0.6) is 5.75 Å². The summed E-state index contributed by atoms with van der Waals surface area (Å²) in [5.41, 5.74) is 0.895. The molecule has 0 radical (unpaired) electrons. The van der Waals surface area contributed by atoms with Crippen LogP contribution in [-0.2, 0) is 14.9 Å². The molecule has 0 atom stereocenters. The second-order valence-electron chi connectivity index (χ2n) is 4.01. The number of halogens is 1. The van der Waals surface area contributed by atoms with Crippen molar-refractivity contribution >= 4 is 38.8 Å². The topological polar surface area (TPSA) is 65.7 Å². The van der Waals surface area contributed by atoms with Crippen LogP contribution < -0.4 is 4.74 Å². The Morgan fingerprint density at radius 3 is 2.70 bits per heavy atom. The molecular weight excluding hydrogens is 328 g/mol. The van der Waals surface area contributed by atoms with Gasteiger partial charge in [0.2, 0.25) is 0 Å². The number of alkyl halides is 1. The van der Waals surface area contributed by atoms with E-state index in [1.165, 1.54) is 6.92 Å². The van der Waals surface area contributed by atoms with E-state index >= 15 is 0 Å². The zero-order valence-electron chi connectivity index (χ0n) is 11.1. The van der Waals surface area contributed by atoms with Crippen LogP contribution in [0.25, 0.3) is 11.0 Å². The third-order valence-corrected chi connectivity index (χ3v) is 3.10. The highest BCUT2D eigenvalue weighted by molar-refractivity contribution is 9.08. The Kier molecular flexibility index (Phi) is 4.44. The Bertz CT molecular complexity index is 659. The molecule has 5 nitrogen and oxygen atoms in total. The Hall–Kier alpha value is -1.82. The van der Waals surface area contributed by atoms with Gasteiger partial charge in [0, 0.05) is 12.3 Å². The van der Waals surface area contributed by atoms with Crippen LogP contribution in [0.15, 0.2) is 22.6 Å². The third-order valence-electron chi connectivity index (χ3n) is 2.59. The van der Waals surface area contributed by atoms with E-state index in [2.05, 4.69) is 15.9 Å². The summed E-state index contributed by atoms with van der Waals surface area (Å²) in [5.74, 6) is -0.0391. The van der Waals surface area contributed by atoms with Gasteiger partial charge in [-0.1, -0.05) is 15.9 Å². The predicted molar refractivity (Wildman–Crippen MR) is 76.1 cm³/mol. The molecule has 0 fully saturated rings. The number of ether oxygens (including phenoxy) is 2. The van der Waals surface area contributed by atoms with Gasteiger partial charge in [-0.25, -0.2) is 4.79 Å². The summed E-state index contributed by atoms with van der Waals surface area (Å²) in [4.78, 5) is 23.0. The van der Waals surface area contributed by atoms with E-state index in [-0.39, 0.29) is 6.61 Å². The lowest BCUT2D eigenvalue weighted by atomic mass is 10.1. The second-order valence-corrected chi connectivity index (χ2v) is 4.57. The molecule has 0 saturated heterocycles. The van der Waals surface area contributed by atoms with Crippen molar-refractivity contribution in [1.82, 2.24) is 0 Å². The maximum absolute atomic E-state index is 12.0. The summed E-state index contributed by atoms with van der Waals surface area (Å²) in [6, 6.07) is 4.86. The van der Waals surface area contributed by atoms with Gasteiger partial charge in [0.05, 0.1) is 11.9 Å². The Morgan fingerprint density at radius 1 is 1.35 bits per heavy atom. The normalized spacial score (nSPS) is 10.6. The average Bonchev–Trinajstić information content (AvgIpc) is 2.76. The first kappa shape index (κ1) is 14.6. The number of furan rings is 1. The van der Waals surface area contributed by atoms with Crippen LogP contribution in [-0.4, -0.2) is 18.5 Å². The van der Waals surface area contributed by atoms with Gasteiger partial charge in [-0.15, -0.1) is 0 Å². The lowest BCUT2D eigenvalue weighted by Crippen LogP contribution is -2.06. The van der Waals surface area contributed by atoms with E-state index in [4.69, 9.17) is 13.9 Å². The van der Waals surface area contributed by atoms with Crippen LogP contribution in [0.1, 0.15) is 30.0 Å². The van der Waals surface area contributed by atoms with E-state index in [0.29, 0.717) is 33.4 Å². The molecule has 0 spiro atoms. The Labute approximate surface area is 124 Å². The predicted octanol–water partition coefficient (Wildman–Crippen LogP) is 3.43. The smallest absolute Gasteiger partial charge is 0.342 e. The minimum absolute atomic E-state index is 0.275. The number of carbonyl (C=O) groups excluding carboxylic acids is 2. The highest BCUT2D eigenvalue weighted by atomic mass is 79.9. The van der Waals surface area contributed by atoms with Crippen molar-refractivity contribution in [3.63, 3.8) is 0 Å². The van der Waals surface area contributed by atoms with Gasteiger partial charge in [0.25, 0.3) is 0 Å². The zero-order valence-corrected chi connectivity index (χ0v) is 12.7. The first-order valence-electron chi connectivity index (χ1n) is 6.03. The lowest BCUT2D eigenvalue weighted by molar-refractivity contribution is -0.131. The molecule has 0 saturated carbocycles. The van der Waals surface area contributed by atoms with Crippen LogP contribution in [0.4, 0.5) is 0 Å². The molecule has 0 aliphatic heterocycles. The van der Waals surface area contributed by atoms with Crippen LogP contribution in [0, 0.1) is 0 Å². The van der Waals surface area contributed by atoms with Gasteiger partial charge in [-0.05, 0) is 25.1 Å². The maximum atomic E-state index is 12.0. The van der Waals surface area contributed by atoms with Gasteiger partial charge in [-0.2, -0.15) is 0 Å². The number of carbonyl (C=O) groups is 2. The minimum atomic E-state index is -0.458. The second kappa shape index (κ2) is 6.09. The number of benzene rings is 1. The quantitative estimate of drug-likeness (QED) is 0.484. The minimum Gasteiger partial charge on any atom is -0.462 e. The van der Waals surface area contributed by atoms with Crippen molar-refractivity contribution in [2.45, 2.75) is 19.2 Å². The van der Waals surface area contributed by atoms with E-state index in [9.17, 15) is 9.59 Å². The summed E-state index contributed by atoms with van der Waals surface area (Å²) in [6.07, 6.45) is 0. The number of esters is 2. The fourth-order valence-corrected chi connectivity index (χ4v) is 2.27. The summed E-state index contributed by atoms with van der Waals surface area (Å²) in [6.45, 7) is 3.32. The highest BCUT2D eigenvalue weighted by Gasteiger charge is 2.21. The van der Waals surface area contributed by atoms with Crippen LogP contribution >= 0.6 is 15.9 Å². The molecular formula is C14H13BrO5. The Morgan fingerprint density at radius 2 is 2.10 bits per heavy atom. The first-order valence-corrected chi connectivity index (χ1v) is 7.15. The number of hydrogen-bond acceptors (Lipinski definition) is 5. The zero-order chi connectivity index (χ0) is 14.7. The van der Waals surface area contributed by atoms with E-state index in [0.717, 1.165) is 0 Å².